The van der Waals surface area contributed by atoms with Crippen molar-refractivity contribution in [1.82, 2.24) is 29.9 Å². The molecule has 1 saturated carbocycles. The van der Waals surface area contributed by atoms with Gasteiger partial charge in [-0.3, -0.25) is 9.48 Å². The third kappa shape index (κ3) is 4.88. The standard InChI is InChI=1S/C26H30F3N7O.ClH/c1-16-31-25(33-32-16)34-13-10-18(11-14-34)36-23(17-8-9-17)20(15-30-36)24(37)35-12-4-7-22(35)19-5-2-3-6-21(19)26(27,28)29;/h2-3,5-6,15,17-18,22H,4,7-14H2,1H3,(H,31,32,33);1H. The van der Waals surface area contributed by atoms with Crippen molar-refractivity contribution in [1.29, 1.82) is 0 Å². The summed E-state index contributed by atoms with van der Waals surface area (Å²) in [6.07, 6.45) is 2.11. The van der Waals surface area contributed by atoms with Gasteiger partial charge in [-0.15, -0.1) is 22.6 Å². The Balaban J connectivity index is 0.00000294. The highest BCUT2D eigenvalue weighted by Gasteiger charge is 2.41. The Morgan fingerprint density at radius 1 is 1.03 bits per heavy atom. The topological polar surface area (TPSA) is 82.9 Å². The fourth-order valence-corrected chi connectivity index (χ4v) is 5.92. The van der Waals surface area contributed by atoms with Crippen LogP contribution in [0.15, 0.2) is 30.5 Å². The van der Waals surface area contributed by atoms with Gasteiger partial charge in [0.15, 0.2) is 0 Å². The van der Waals surface area contributed by atoms with Gasteiger partial charge in [-0.2, -0.15) is 18.3 Å². The van der Waals surface area contributed by atoms with E-state index < -0.39 is 17.8 Å². The summed E-state index contributed by atoms with van der Waals surface area (Å²) in [4.78, 5) is 20.8. The highest BCUT2D eigenvalue weighted by Crippen LogP contribution is 2.45. The molecule has 1 aromatic carbocycles. The molecule has 0 bridgehead atoms. The molecule has 12 heteroatoms. The number of aromatic nitrogens is 5. The summed E-state index contributed by atoms with van der Waals surface area (Å²) in [5.74, 6) is 1.62. The molecule has 1 atom stereocenters. The van der Waals surface area contributed by atoms with E-state index in [1.807, 2.05) is 11.6 Å². The lowest BCUT2D eigenvalue weighted by Gasteiger charge is -2.32. The first-order chi connectivity index (χ1) is 17.8. The number of likely N-dealkylation sites (tertiary alicyclic amines) is 1. The van der Waals surface area contributed by atoms with Crippen LogP contribution in [0.3, 0.4) is 0 Å². The van der Waals surface area contributed by atoms with E-state index in [1.54, 1.807) is 17.2 Å². The lowest BCUT2D eigenvalue weighted by molar-refractivity contribution is -0.138. The Morgan fingerprint density at radius 3 is 2.42 bits per heavy atom. The number of hydrogen-bond acceptors (Lipinski definition) is 5. The molecule has 38 heavy (non-hydrogen) atoms. The molecule has 1 amide bonds. The summed E-state index contributed by atoms with van der Waals surface area (Å²) in [6, 6.07) is 5.21. The maximum absolute atomic E-state index is 13.8. The molecule has 8 nitrogen and oxygen atoms in total. The number of carbonyl (C=O) groups excluding carboxylic acids is 1. The van der Waals surface area contributed by atoms with Gasteiger partial charge in [-0.1, -0.05) is 18.2 Å². The highest BCUT2D eigenvalue weighted by atomic mass is 35.5. The van der Waals surface area contributed by atoms with Gasteiger partial charge in [0.2, 0.25) is 5.95 Å². The Morgan fingerprint density at radius 2 is 1.76 bits per heavy atom. The van der Waals surface area contributed by atoms with Gasteiger partial charge < -0.3 is 14.8 Å². The number of alkyl halides is 3. The van der Waals surface area contributed by atoms with Crippen molar-refractivity contribution < 1.29 is 18.0 Å². The number of anilines is 1. The molecular weight excluding hydrogens is 519 g/mol. The zero-order valence-corrected chi connectivity index (χ0v) is 21.9. The minimum Gasteiger partial charge on any atom is -0.341 e. The van der Waals surface area contributed by atoms with Crippen molar-refractivity contribution in [3.63, 3.8) is 0 Å². The Labute approximate surface area is 225 Å². The zero-order valence-electron chi connectivity index (χ0n) is 21.1. The van der Waals surface area contributed by atoms with Crippen molar-refractivity contribution in [3.8, 4) is 0 Å². The highest BCUT2D eigenvalue weighted by molar-refractivity contribution is 5.96. The summed E-state index contributed by atoms with van der Waals surface area (Å²) >= 11 is 0. The van der Waals surface area contributed by atoms with Gasteiger partial charge in [-0.25, -0.2) is 0 Å². The van der Waals surface area contributed by atoms with Gasteiger partial charge in [0.1, 0.15) is 5.82 Å². The molecule has 3 aromatic rings. The number of hydrogen-bond donors (Lipinski definition) is 1. The molecule has 1 aliphatic carbocycles. The normalized spacial score (nSPS) is 20.6. The van der Waals surface area contributed by atoms with Crippen LogP contribution in [-0.4, -0.2) is 55.4 Å². The first-order valence-electron chi connectivity index (χ1n) is 13.0. The molecule has 2 aliphatic heterocycles. The number of carbonyl (C=O) groups is 1. The predicted molar refractivity (Wildman–Crippen MR) is 138 cm³/mol. The van der Waals surface area contributed by atoms with Crippen LogP contribution in [0.1, 0.15) is 89.5 Å². The van der Waals surface area contributed by atoms with Crippen LogP contribution >= 0.6 is 12.4 Å². The van der Waals surface area contributed by atoms with Crippen LogP contribution < -0.4 is 4.90 Å². The van der Waals surface area contributed by atoms with Crippen LogP contribution in [0.25, 0.3) is 0 Å². The van der Waals surface area contributed by atoms with Crippen LogP contribution in [-0.2, 0) is 6.18 Å². The van der Waals surface area contributed by atoms with Gasteiger partial charge in [0.05, 0.1) is 35.1 Å². The molecule has 2 saturated heterocycles. The van der Waals surface area contributed by atoms with Crippen molar-refractivity contribution in [3.05, 3.63) is 58.7 Å². The SMILES string of the molecule is Cc1nnc(N2CCC(n3ncc(C(=O)N4CCCC4c4ccccc4C(F)(F)F)c3C3CC3)CC2)[nH]1.Cl. The molecule has 6 rings (SSSR count). The van der Waals surface area contributed by atoms with E-state index in [2.05, 4.69) is 25.2 Å². The van der Waals surface area contributed by atoms with Gasteiger partial charge >= 0.3 is 6.18 Å². The third-order valence-corrected chi connectivity index (χ3v) is 7.86. The maximum Gasteiger partial charge on any atom is 0.416 e. The number of halogens is 4. The van der Waals surface area contributed by atoms with Gasteiger partial charge in [-0.05, 0) is 57.1 Å². The number of benzene rings is 1. The molecule has 3 fully saturated rings. The molecule has 0 spiro atoms. The number of aromatic amines is 1. The van der Waals surface area contributed by atoms with Crippen molar-refractivity contribution in [2.45, 2.75) is 69.6 Å². The fraction of sp³-hybridized carbons (Fsp3) is 0.538. The first-order valence-corrected chi connectivity index (χ1v) is 13.0. The van der Waals surface area contributed by atoms with E-state index in [4.69, 9.17) is 0 Å². The van der Waals surface area contributed by atoms with E-state index in [0.717, 1.165) is 62.3 Å². The van der Waals surface area contributed by atoms with E-state index in [-0.39, 0.29) is 35.8 Å². The second-order valence-corrected chi connectivity index (χ2v) is 10.4. The monoisotopic (exact) mass is 549 g/mol. The third-order valence-electron chi connectivity index (χ3n) is 7.86. The summed E-state index contributed by atoms with van der Waals surface area (Å²) in [5, 5.41) is 12.9. The second-order valence-electron chi connectivity index (χ2n) is 10.4. The average Bonchev–Trinajstić information content (AvgIpc) is 3.27. The number of piperidine rings is 1. The lowest BCUT2D eigenvalue weighted by Crippen LogP contribution is -2.36. The largest absolute Gasteiger partial charge is 0.416 e. The zero-order chi connectivity index (χ0) is 25.7. The van der Waals surface area contributed by atoms with Gasteiger partial charge in [0, 0.05) is 25.6 Å². The molecule has 2 aromatic heterocycles. The fourth-order valence-electron chi connectivity index (χ4n) is 5.92. The van der Waals surface area contributed by atoms with Crippen LogP contribution in [0, 0.1) is 6.92 Å². The molecule has 3 aliphatic rings. The minimum absolute atomic E-state index is 0. The summed E-state index contributed by atoms with van der Waals surface area (Å²) < 4.78 is 43.3. The molecule has 1 N–H and O–H groups in total. The number of H-pyrrole nitrogens is 1. The molecule has 1 unspecified atom stereocenters. The number of nitrogens with one attached hydrogen (secondary N) is 1. The Bertz CT molecular complexity index is 1290. The first kappa shape index (κ1) is 26.5. The summed E-state index contributed by atoms with van der Waals surface area (Å²) in [5.41, 5.74) is 1.02. The van der Waals surface area contributed by atoms with Crippen LogP contribution in [0.4, 0.5) is 19.1 Å². The van der Waals surface area contributed by atoms with Crippen LogP contribution in [0.5, 0.6) is 0 Å². The number of amides is 1. The van der Waals surface area contributed by atoms with Crippen molar-refractivity contribution in [2.24, 2.45) is 0 Å². The van der Waals surface area contributed by atoms with Gasteiger partial charge in [0.25, 0.3) is 5.91 Å². The molecule has 0 radical (unpaired) electrons. The molecule has 4 heterocycles. The Kier molecular flexibility index (Phi) is 7.15. The van der Waals surface area contributed by atoms with E-state index in [1.165, 1.54) is 12.1 Å². The number of aryl methyl sites for hydroxylation is 1. The van der Waals surface area contributed by atoms with E-state index >= 15 is 0 Å². The molecular formula is C26H31ClF3N7O. The molecule has 204 valence electrons. The van der Waals surface area contributed by atoms with E-state index in [9.17, 15) is 18.0 Å². The smallest absolute Gasteiger partial charge is 0.341 e. The minimum atomic E-state index is -4.46. The Hall–Kier alpha value is -3.08. The van der Waals surface area contributed by atoms with Crippen LogP contribution in [0.2, 0.25) is 0 Å². The number of rotatable bonds is 5. The summed E-state index contributed by atoms with van der Waals surface area (Å²) in [7, 11) is 0. The quantitative estimate of drug-likeness (QED) is 0.458. The van der Waals surface area contributed by atoms with Crippen molar-refractivity contribution >= 4 is 24.3 Å². The predicted octanol–water partition coefficient (Wildman–Crippen LogP) is 5.45. The lowest BCUT2D eigenvalue weighted by atomic mass is 9.97. The second kappa shape index (κ2) is 10.2. The average molecular weight is 550 g/mol. The summed E-state index contributed by atoms with van der Waals surface area (Å²) in [6.45, 7) is 3.92. The van der Waals surface area contributed by atoms with E-state index in [0.29, 0.717) is 24.9 Å². The number of nitrogens with zero attached hydrogens (tertiary/aromatic N) is 6. The van der Waals surface area contributed by atoms with Crippen molar-refractivity contribution in [2.75, 3.05) is 24.5 Å². The maximum atomic E-state index is 13.8.